The molecular weight excluding hydrogens is 112 g/mol. The number of hydrogen-bond acceptors (Lipinski definition) is 2. The minimum absolute atomic E-state index is 0.141. The number of hydrogen-bond donors (Lipinski definition) is 2. The van der Waals surface area contributed by atoms with Crippen LogP contribution in [0.2, 0.25) is 0 Å². The van der Waals surface area contributed by atoms with Crippen molar-refractivity contribution in [2.24, 2.45) is 16.9 Å². The van der Waals surface area contributed by atoms with Crippen molar-refractivity contribution in [3.05, 3.63) is 0 Å². The molecule has 0 amide bonds. The summed E-state index contributed by atoms with van der Waals surface area (Å²) in [6, 6.07) is 0.141. The maximum atomic E-state index is 5.74. The fraction of sp³-hybridized carbons (Fsp3) is 1.00. The minimum Gasteiger partial charge on any atom is -0.329 e. The van der Waals surface area contributed by atoms with Gasteiger partial charge in [-0.1, -0.05) is 20.8 Å². The molecule has 2 heteroatoms. The molecule has 4 N–H and O–H groups in total. The Morgan fingerprint density at radius 3 is 2.00 bits per heavy atom. The standard InChI is InChI=1S/C7H18N2/c1-4-7(2,3)6(9)5-8/h6H,4-5,8-9H2,1-3H3. The summed E-state index contributed by atoms with van der Waals surface area (Å²) in [7, 11) is 0. The summed E-state index contributed by atoms with van der Waals surface area (Å²) in [6.45, 7) is 7.01. The Hall–Kier alpha value is -0.0800. The van der Waals surface area contributed by atoms with Crippen LogP contribution in [0.15, 0.2) is 0 Å². The first-order valence-corrected chi connectivity index (χ1v) is 3.50. The SMILES string of the molecule is CCC(C)(C)C(N)CN. The van der Waals surface area contributed by atoms with Gasteiger partial charge >= 0.3 is 0 Å². The molecule has 0 aliphatic rings. The molecule has 0 fully saturated rings. The van der Waals surface area contributed by atoms with Gasteiger partial charge in [0.15, 0.2) is 0 Å². The van der Waals surface area contributed by atoms with E-state index < -0.39 is 0 Å². The molecule has 1 atom stereocenters. The van der Waals surface area contributed by atoms with E-state index in [2.05, 4.69) is 20.8 Å². The molecule has 0 bridgehead atoms. The zero-order valence-corrected chi connectivity index (χ0v) is 6.65. The van der Waals surface area contributed by atoms with E-state index in [1.165, 1.54) is 0 Å². The fourth-order valence-electron chi connectivity index (χ4n) is 0.581. The molecule has 0 heterocycles. The van der Waals surface area contributed by atoms with Crippen LogP contribution in [0.3, 0.4) is 0 Å². The highest BCUT2D eigenvalue weighted by Crippen LogP contribution is 2.22. The average Bonchev–Trinajstić information content (AvgIpc) is 1.86. The van der Waals surface area contributed by atoms with E-state index in [-0.39, 0.29) is 11.5 Å². The molecule has 0 saturated heterocycles. The van der Waals surface area contributed by atoms with Crippen molar-refractivity contribution in [1.82, 2.24) is 0 Å². The molecule has 0 rings (SSSR count). The van der Waals surface area contributed by atoms with Crippen LogP contribution in [-0.2, 0) is 0 Å². The second-order valence-electron chi connectivity index (χ2n) is 3.18. The molecule has 2 nitrogen and oxygen atoms in total. The summed E-state index contributed by atoms with van der Waals surface area (Å²) >= 11 is 0. The van der Waals surface area contributed by atoms with Gasteiger partial charge in [-0.2, -0.15) is 0 Å². The average molecular weight is 130 g/mol. The van der Waals surface area contributed by atoms with E-state index in [9.17, 15) is 0 Å². The Balaban J connectivity index is 3.80. The van der Waals surface area contributed by atoms with Gasteiger partial charge in [-0.15, -0.1) is 0 Å². The van der Waals surface area contributed by atoms with E-state index in [0.29, 0.717) is 6.54 Å². The Morgan fingerprint density at radius 2 is 1.89 bits per heavy atom. The molecule has 0 aromatic carbocycles. The lowest BCUT2D eigenvalue weighted by atomic mass is 9.82. The van der Waals surface area contributed by atoms with E-state index >= 15 is 0 Å². The lowest BCUT2D eigenvalue weighted by Gasteiger charge is -2.28. The Kier molecular flexibility index (Phi) is 3.15. The lowest BCUT2D eigenvalue weighted by Crippen LogP contribution is -2.42. The van der Waals surface area contributed by atoms with Crippen LogP contribution in [0, 0.1) is 5.41 Å². The molecular formula is C7H18N2. The van der Waals surface area contributed by atoms with Gasteiger partial charge in [0.25, 0.3) is 0 Å². The van der Waals surface area contributed by atoms with E-state index in [1.807, 2.05) is 0 Å². The van der Waals surface area contributed by atoms with Crippen LogP contribution < -0.4 is 11.5 Å². The Morgan fingerprint density at radius 1 is 1.44 bits per heavy atom. The highest BCUT2D eigenvalue weighted by atomic mass is 14.7. The molecule has 0 aromatic heterocycles. The largest absolute Gasteiger partial charge is 0.329 e. The Bertz CT molecular complexity index is 79.0. The normalized spacial score (nSPS) is 15.7. The minimum atomic E-state index is 0.141. The summed E-state index contributed by atoms with van der Waals surface area (Å²) in [5.41, 5.74) is 11.3. The maximum absolute atomic E-state index is 5.74. The predicted octanol–water partition coefficient (Wildman–Crippen LogP) is 0.709. The van der Waals surface area contributed by atoms with E-state index in [0.717, 1.165) is 6.42 Å². The second kappa shape index (κ2) is 3.18. The van der Waals surface area contributed by atoms with Crippen LogP contribution in [0.1, 0.15) is 27.2 Å². The van der Waals surface area contributed by atoms with Crippen molar-refractivity contribution in [2.45, 2.75) is 33.2 Å². The molecule has 0 radical (unpaired) electrons. The van der Waals surface area contributed by atoms with Crippen molar-refractivity contribution in [3.8, 4) is 0 Å². The van der Waals surface area contributed by atoms with Gasteiger partial charge in [0.1, 0.15) is 0 Å². The summed E-state index contributed by atoms with van der Waals surface area (Å²) < 4.78 is 0. The zero-order valence-electron chi connectivity index (χ0n) is 6.65. The van der Waals surface area contributed by atoms with Crippen molar-refractivity contribution < 1.29 is 0 Å². The number of nitrogens with two attached hydrogens (primary N) is 2. The van der Waals surface area contributed by atoms with Crippen molar-refractivity contribution >= 4 is 0 Å². The Labute approximate surface area is 57.6 Å². The molecule has 9 heavy (non-hydrogen) atoms. The topological polar surface area (TPSA) is 52.0 Å². The third-order valence-electron chi connectivity index (χ3n) is 2.17. The summed E-state index contributed by atoms with van der Waals surface area (Å²) in [6.07, 6.45) is 1.09. The lowest BCUT2D eigenvalue weighted by molar-refractivity contribution is 0.279. The van der Waals surface area contributed by atoms with Gasteiger partial charge in [-0.25, -0.2) is 0 Å². The maximum Gasteiger partial charge on any atom is 0.0214 e. The number of rotatable bonds is 3. The van der Waals surface area contributed by atoms with Crippen molar-refractivity contribution in [3.63, 3.8) is 0 Å². The van der Waals surface area contributed by atoms with Gasteiger partial charge < -0.3 is 11.5 Å². The van der Waals surface area contributed by atoms with Gasteiger partial charge in [0.2, 0.25) is 0 Å². The zero-order chi connectivity index (χ0) is 7.49. The smallest absolute Gasteiger partial charge is 0.0214 e. The quantitative estimate of drug-likeness (QED) is 0.591. The summed E-state index contributed by atoms with van der Waals surface area (Å²) in [4.78, 5) is 0. The highest BCUT2D eigenvalue weighted by Gasteiger charge is 2.22. The molecule has 0 aromatic rings. The van der Waals surface area contributed by atoms with Crippen LogP contribution in [0.5, 0.6) is 0 Å². The second-order valence-corrected chi connectivity index (χ2v) is 3.18. The fourth-order valence-corrected chi connectivity index (χ4v) is 0.581. The van der Waals surface area contributed by atoms with Crippen molar-refractivity contribution in [2.75, 3.05) is 6.54 Å². The van der Waals surface area contributed by atoms with Crippen LogP contribution in [0.4, 0.5) is 0 Å². The van der Waals surface area contributed by atoms with Crippen molar-refractivity contribution in [1.29, 1.82) is 0 Å². The monoisotopic (exact) mass is 130 g/mol. The van der Waals surface area contributed by atoms with Gasteiger partial charge in [0, 0.05) is 12.6 Å². The van der Waals surface area contributed by atoms with Crippen LogP contribution in [-0.4, -0.2) is 12.6 Å². The first-order chi connectivity index (χ1) is 4.04. The van der Waals surface area contributed by atoms with Gasteiger partial charge in [0.05, 0.1) is 0 Å². The summed E-state index contributed by atoms with van der Waals surface area (Å²) in [5.74, 6) is 0. The molecule has 1 unspecified atom stereocenters. The summed E-state index contributed by atoms with van der Waals surface area (Å²) in [5, 5.41) is 0. The van der Waals surface area contributed by atoms with E-state index in [1.54, 1.807) is 0 Å². The predicted molar refractivity (Wildman–Crippen MR) is 41.1 cm³/mol. The first kappa shape index (κ1) is 8.92. The van der Waals surface area contributed by atoms with E-state index in [4.69, 9.17) is 11.5 Å². The van der Waals surface area contributed by atoms with Crippen LogP contribution >= 0.6 is 0 Å². The van der Waals surface area contributed by atoms with Gasteiger partial charge in [-0.3, -0.25) is 0 Å². The molecule has 0 saturated carbocycles. The third kappa shape index (κ3) is 2.33. The highest BCUT2D eigenvalue weighted by molar-refractivity contribution is 4.80. The third-order valence-corrected chi connectivity index (χ3v) is 2.17. The molecule has 0 spiro atoms. The molecule has 0 aliphatic carbocycles. The van der Waals surface area contributed by atoms with Crippen LogP contribution in [0.25, 0.3) is 0 Å². The molecule has 56 valence electrons. The first-order valence-electron chi connectivity index (χ1n) is 3.50. The van der Waals surface area contributed by atoms with Gasteiger partial charge in [-0.05, 0) is 11.8 Å². The molecule has 0 aliphatic heterocycles.